The van der Waals surface area contributed by atoms with Crippen LogP contribution in [0.2, 0.25) is 0 Å². The van der Waals surface area contributed by atoms with Crippen molar-refractivity contribution in [2.45, 2.75) is 24.9 Å². The Morgan fingerprint density at radius 1 is 1.31 bits per heavy atom. The summed E-state index contributed by atoms with van der Waals surface area (Å²) in [7, 11) is 0. The number of carbonyl (C=O) groups is 4. The Hall–Kier alpha value is -4.58. The Balaban J connectivity index is 1.52. The van der Waals surface area contributed by atoms with Gasteiger partial charge in [0.25, 0.3) is 11.8 Å². The van der Waals surface area contributed by atoms with Gasteiger partial charge in [-0.25, -0.2) is 9.78 Å². The number of thioether (sulfide) groups is 1. The van der Waals surface area contributed by atoms with Crippen LogP contribution in [-0.4, -0.2) is 83.3 Å². The lowest BCUT2D eigenvalue weighted by Crippen LogP contribution is -2.71. The van der Waals surface area contributed by atoms with Crippen molar-refractivity contribution < 1.29 is 44.2 Å². The fourth-order valence-corrected chi connectivity index (χ4v) is 5.49. The maximum atomic E-state index is 13.1. The van der Waals surface area contributed by atoms with E-state index in [1.54, 1.807) is 0 Å². The number of anilines is 1. The summed E-state index contributed by atoms with van der Waals surface area (Å²) in [5.74, 6) is -4.14. The van der Waals surface area contributed by atoms with Crippen molar-refractivity contribution in [3.05, 3.63) is 50.5 Å². The number of aliphatic carboxylic acids is 1. The minimum Gasteiger partial charge on any atom is -0.503 e. The largest absolute Gasteiger partial charge is 0.503 e. The average molecular weight is 581 g/mol. The lowest BCUT2D eigenvalue weighted by atomic mass is 10.0. The number of carboxylic acid groups (broad SMARTS) is 1. The number of oxime groups is 1. The van der Waals surface area contributed by atoms with Crippen molar-refractivity contribution >= 4 is 57.7 Å². The van der Waals surface area contributed by atoms with Crippen molar-refractivity contribution in [1.29, 1.82) is 0 Å². The number of nitrogen functional groups attached to an aromatic ring is 1. The van der Waals surface area contributed by atoms with E-state index in [9.17, 15) is 39.4 Å². The number of aromatic nitrogens is 2. The van der Waals surface area contributed by atoms with Gasteiger partial charge in [0, 0.05) is 29.7 Å². The van der Waals surface area contributed by atoms with Gasteiger partial charge in [-0.1, -0.05) is 5.16 Å². The third-order valence-electron chi connectivity index (χ3n) is 5.42. The van der Waals surface area contributed by atoms with Crippen LogP contribution in [0.25, 0.3) is 0 Å². The second kappa shape index (κ2) is 11.0. The van der Waals surface area contributed by atoms with E-state index in [1.807, 2.05) is 0 Å². The molecule has 0 bridgehead atoms. The molecule has 16 nitrogen and oxygen atoms in total. The highest BCUT2D eigenvalue weighted by atomic mass is 32.2. The van der Waals surface area contributed by atoms with Gasteiger partial charge in [0.15, 0.2) is 23.2 Å². The molecule has 6 N–H and O–H groups in total. The average Bonchev–Trinajstić information content (AvgIpc) is 3.31. The number of carboxylic acids is 1. The molecule has 39 heavy (non-hydrogen) atoms. The summed E-state index contributed by atoms with van der Waals surface area (Å²) in [6.07, 6.45) is 0.757. The highest BCUT2D eigenvalue weighted by molar-refractivity contribution is 8.00. The first-order valence-electron chi connectivity index (χ1n) is 10.9. The molecule has 2 aliphatic rings. The minimum atomic E-state index is -1.38. The number of hydrogen-bond donors (Lipinski definition) is 5. The van der Waals surface area contributed by atoms with E-state index in [-0.39, 0.29) is 45.9 Å². The summed E-state index contributed by atoms with van der Waals surface area (Å²) in [6, 6.07) is -0.218. The Kier molecular flexibility index (Phi) is 7.77. The molecule has 2 aromatic rings. The first-order valence-corrected chi connectivity index (χ1v) is 12.8. The highest BCUT2D eigenvalue weighted by Crippen LogP contribution is 2.40. The lowest BCUT2D eigenvalue weighted by molar-refractivity contribution is -0.150. The number of esters is 1. The van der Waals surface area contributed by atoms with Gasteiger partial charge in [0.1, 0.15) is 35.1 Å². The van der Waals surface area contributed by atoms with E-state index < -0.39 is 53.0 Å². The molecular weight excluding hydrogens is 560 g/mol. The molecule has 2 aromatic heterocycles. The van der Waals surface area contributed by atoms with Gasteiger partial charge < -0.3 is 36.0 Å². The number of nitrogens with two attached hydrogens (primary N) is 1. The number of hydrogen-bond acceptors (Lipinski definition) is 14. The zero-order chi connectivity index (χ0) is 28.4. The van der Waals surface area contributed by atoms with Crippen molar-refractivity contribution in [2.24, 2.45) is 5.16 Å². The van der Waals surface area contributed by atoms with Gasteiger partial charge in [-0.15, -0.1) is 23.1 Å². The van der Waals surface area contributed by atoms with Gasteiger partial charge in [-0.3, -0.25) is 24.1 Å². The summed E-state index contributed by atoms with van der Waals surface area (Å²) in [5, 5.41) is 35.9. The number of nitrogens with one attached hydrogen (secondary N) is 1. The number of β-lactam (4-membered cyclic amide) rings is 1. The molecule has 2 amide bonds. The molecule has 206 valence electrons. The van der Waals surface area contributed by atoms with Crippen LogP contribution >= 0.6 is 23.1 Å². The van der Waals surface area contributed by atoms with E-state index in [4.69, 9.17) is 15.3 Å². The molecular formula is C21H20N6O10S2. The number of nitrogens with zero attached hydrogens (tertiary/aromatic N) is 4. The zero-order valence-corrected chi connectivity index (χ0v) is 21.5. The van der Waals surface area contributed by atoms with Gasteiger partial charge in [0.2, 0.25) is 5.43 Å². The summed E-state index contributed by atoms with van der Waals surface area (Å²) < 4.78 is 5.34. The Morgan fingerprint density at radius 2 is 2.05 bits per heavy atom. The number of amides is 2. The number of aromatic hydroxyl groups is 1. The van der Waals surface area contributed by atoms with E-state index in [1.165, 1.54) is 24.1 Å². The number of thiazole rings is 1. The quantitative estimate of drug-likeness (QED) is 0.0792. The molecule has 4 rings (SSSR count). The van der Waals surface area contributed by atoms with E-state index in [0.29, 0.717) is 4.73 Å². The first-order chi connectivity index (χ1) is 18.5. The molecule has 18 heteroatoms. The molecule has 2 aliphatic heterocycles. The minimum absolute atomic E-state index is 0.0109. The molecule has 0 spiro atoms. The number of pyridine rings is 1. The van der Waals surface area contributed by atoms with E-state index >= 15 is 0 Å². The summed E-state index contributed by atoms with van der Waals surface area (Å²) in [5.41, 5.74) is 4.34. The predicted molar refractivity (Wildman–Crippen MR) is 134 cm³/mol. The third kappa shape index (κ3) is 5.65. The van der Waals surface area contributed by atoms with Gasteiger partial charge in [0.05, 0.1) is 6.20 Å². The molecule has 1 fully saturated rings. The van der Waals surface area contributed by atoms with E-state index in [0.717, 1.165) is 28.5 Å². The first kappa shape index (κ1) is 27.5. The molecule has 1 saturated heterocycles. The van der Waals surface area contributed by atoms with Gasteiger partial charge in [-0.05, 0) is 0 Å². The summed E-state index contributed by atoms with van der Waals surface area (Å²) in [6.45, 7) is 0.390. The van der Waals surface area contributed by atoms with Gasteiger partial charge >= 0.3 is 11.9 Å². The summed E-state index contributed by atoms with van der Waals surface area (Å²) in [4.78, 5) is 70.8. The zero-order valence-electron chi connectivity index (χ0n) is 19.9. The second-order valence-electron chi connectivity index (χ2n) is 8.04. The molecule has 0 radical (unpaired) electrons. The molecule has 0 unspecified atom stereocenters. The molecule has 4 heterocycles. The van der Waals surface area contributed by atoms with Crippen LogP contribution in [0.4, 0.5) is 5.13 Å². The normalized spacial score (nSPS) is 18.7. The SMILES string of the molecule is CC(=O)OCC1=C(C(=O)O)N2C(=O)[C@@H](NC(=O)/C(=N\OCc3cc(=O)c(O)cn3O)c3csc(N)n3)[C@H]2SC1. The van der Waals surface area contributed by atoms with Crippen molar-refractivity contribution in [3.63, 3.8) is 0 Å². The van der Waals surface area contributed by atoms with Crippen LogP contribution in [0, 0.1) is 0 Å². The molecule has 0 aliphatic carbocycles. The fraction of sp³-hybridized carbons (Fsp3) is 0.286. The third-order valence-corrected chi connectivity index (χ3v) is 7.44. The van der Waals surface area contributed by atoms with Crippen LogP contribution in [0.15, 0.2) is 38.9 Å². The maximum Gasteiger partial charge on any atom is 0.352 e. The standard InChI is InChI=1S/C21H20N6O10S2/c1-8(28)36-4-9-6-38-19-15(18(32)27(19)16(9)20(33)34)24-17(31)14(11-7-39-21(22)23-11)25-37-5-10-2-12(29)13(30)3-26(10)35/h2-3,7,15,19,30,35H,4-6H2,1H3,(H2,22,23)(H,24,31)(H,33,34)/b25-14-/t15-,19-/m1/s1. The second-order valence-corrected chi connectivity index (χ2v) is 10.0. The topological polar surface area (TPSA) is 236 Å². The van der Waals surface area contributed by atoms with Gasteiger partial charge in [-0.2, -0.15) is 4.73 Å². The number of rotatable bonds is 9. The molecule has 2 atom stereocenters. The monoisotopic (exact) mass is 580 g/mol. The van der Waals surface area contributed by atoms with Crippen LogP contribution in [0.3, 0.4) is 0 Å². The predicted octanol–water partition coefficient (Wildman–Crippen LogP) is -0.947. The van der Waals surface area contributed by atoms with Crippen molar-refractivity contribution in [2.75, 3.05) is 18.1 Å². The lowest BCUT2D eigenvalue weighted by Gasteiger charge is -2.49. The number of carbonyl (C=O) groups excluding carboxylic acids is 3. The van der Waals surface area contributed by atoms with Crippen LogP contribution < -0.4 is 16.5 Å². The van der Waals surface area contributed by atoms with Crippen LogP contribution in [-0.2, 0) is 35.4 Å². The molecule has 0 aromatic carbocycles. The van der Waals surface area contributed by atoms with Crippen molar-refractivity contribution in [1.82, 2.24) is 19.9 Å². The highest BCUT2D eigenvalue weighted by Gasteiger charge is 2.54. The summed E-state index contributed by atoms with van der Waals surface area (Å²) >= 11 is 2.18. The smallest absolute Gasteiger partial charge is 0.352 e. The molecule has 0 saturated carbocycles. The Bertz CT molecular complexity index is 1480. The van der Waals surface area contributed by atoms with E-state index in [2.05, 4.69) is 15.5 Å². The maximum absolute atomic E-state index is 13.1. The van der Waals surface area contributed by atoms with Crippen molar-refractivity contribution in [3.8, 4) is 5.75 Å². The fourth-order valence-electron chi connectivity index (χ4n) is 3.62. The number of fused-ring (bicyclic) bond motifs is 1. The Labute approximate surface area is 226 Å². The number of ether oxygens (including phenoxy) is 1. The van der Waals surface area contributed by atoms with Crippen LogP contribution in [0.1, 0.15) is 18.3 Å². The Morgan fingerprint density at radius 3 is 2.69 bits per heavy atom. The van der Waals surface area contributed by atoms with Crippen LogP contribution in [0.5, 0.6) is 5.75 Å².